The molecule has 2 saturated carbocycles. The summed E-state index contributed by atoms with van der Waals surface area (Å²) in [5.41, 5.74) is 6.61. The van der Waals surface area contributed by atoms with Crippen molar-refractivity contribution < 1.29 is 28.6 Å². The fourth-order valence-corrected chi connectivity index (χ4v) is 11.4. The van der Waals surface area contributed by atoms with E-state index in [4.69, 9.17) is 24.0 Å². The van der Waals surface area contributed by atoms with Gasteiger partial charge in [-0.1, -0.05) is 12.1 Å². The Bertz CT molecular complexity index is 2410. The molecular weight excluding hydrogens is 833 g/mol. The number of hydrogen-bond donors (Lipinski definition) is 1. The van der Waals surface area contributed by atoms with Gasteiger partial charge in [-0.3, -0.25) is 14.4 Å². The van der Waals surface area contributed by atoms with E-state index in [0.29, 0.717) is 70.9 Å². The minimum absolute atomic E-state index is 0.110. The van der Waals surface area contributed by atoms with E-state index in [1.54, 1.807) is 19.5 Å². The Hall–Kier alpha value is -5.28. The third-order valence-electron chi connectivity index (χ3n) is 14.5. The van der Waals surface area contributed by atoms with E-state index in [1.807, 2.05) is 33.1 Å². The minimum atomic E-state index is -0.362. The fourth-order valence-electron chi connectivity index (χ4n) is 11.4. The molecule has 2 amide bonds. The zero-order valence-electron chi connectivity index (χ0n) is 39.5. The van der Waals surface area contributed by atoms with Crippen molar-refractivity contribution in [2.45, 2.75) is 129 Å². The number of carbonyl (C=O) groups is 2. The van der Waals surface area contributed by atoms with Crippen LogP contribution >= 0.6 is 0 Å². The van der Waals surface area contributed by atoms with Crippen molar-refractivity contribution in [3.05, 3.63) is 84.2 Å². The minimum Gasteiger partial charge on any atom is -0.381 e. The molecule has 66 heavy (non-hydrogen) atoms. The number of benzene rings is 2. The van der Waals surface area contributed by atoms with Gasteiger partial charge in [0.05, 0.1) is 72.5 Å². The third kappa shape index (κ3) is 8.97. The predicted molar refractivity (Wildman–Crippen MR) is 258 cm³/mol. The van der Waals surface area contributed by atoms with Gasteiger partial charge in [-0.15, -0.1) is 0 Å². The van der Waals surface area contributed by atoms with Crippen molar-refractivity contribution in [1.29, 1.82) is 0 Å². The van der Waals surface area contributed by atoms with Crippen LogP contribution in [0.15, 0.2) is 73.1 Å². The summed E-state index contributed by atoms with van der Waals surface area (Å²) in [6, 6.07) is 21.0. The quantitative estimate of drug-likeness (QED) is 0.190. The molecule has 10 rings (SSSR count). The first-order valence-electron chi connectivity index (χ1n) is 24.2. The van der Waals surface area contributed by atoms with Crippen LogP contribution in [0, 0.1) is 11.8 Å². The zero-order chi connectivity index (χ0) is 45.7. The number of hydrogen-bond acceptors (Lipinski definition) is 12. The van der Waals surface area contributed by atoms with Gasteiger partial charge in [0.15, 0.2) is 5.82 Å². The highest BCUT2D eigenvalue weighted by atomic mass is 16.7. The second kappa shape index (κ2) is 18.1. The molecule has 4 aromatic rings. The molecule has 4 fully saturated rings. The van der Waals surface area contributed by atoms with Gasteiger partial charge in [-0.25, -0.2) is 15.0 Å². The number of aromatic nitrogens is 2. The maximum atomic E-state index is 14.9. The Morgan fingerprint density at radius 2 is 1.35 bits per heavy atom. The molecule has 1 N–H and O–H groups in total. The van der Waals surface area contributed by atoms with Crippen molar-refractivity contribution in [2.75, 3.05) is 69.9 Å². The first-order chi connectivity index (χ1) is 31.8. The lowest BCUT2D eigenvalue weighted by Crippen LogP contribution is -2.57. The normalized spacial score (nSPS) is 25.9. The maximum absolute atomic E-state index is 14.9. The summed E-state index contributed by atoms with van der Waals surface area (Å²) < 4.78 is 17.9. The van der Waals surface area contributed by atoms with Crippen LogP contribution in [0.4, 0.5) is 45.8 Å². The third-order valence-corrected chi connectivity index (χ3v) is 14.5. The summed E-state index contributed by atoms with van der Waals surface area (Å²) in [7, 11) is 1.77. The lowest BCUT2D eigenvalue weighted by Gasteiger charge is -2.48. The molecule has 2 aliphatic carbocycles. The molecule has 6 aliphatic rings. The Kier molecular flexibility index (Phi) is 12.2. The fraction of sp³-hybridized carbons (Fsp3) is 0.538. The number of methoxy groups -OCH3 is 1. The Labute approximate surface area is 389 Å². The molecular formula is C52H66N8O6. The number of nitrogens with one attached hydrogen (secondary N) is 1. The molecule has 14 nitrogen and oxygen atoms in total. The highest BCUT2D eigenvalue weighted by molar-refractivity contribution is 6.01. The number of morpholine rings is 2. The van der Waals surface area contributed by atoms with E-state index in [1.165, 1.54) is 0 Å². The van der Waals surface area contributed by atoms with Crippen molar-refractivity contribution in [1.82, 2.24) is 9.97 Å². The molecule has 2 aromatic carbocycles. The van der Waals surface area contributed by atoms with Gasteiger partial charge in [-0.05, 0) is 135 Å². The first kappa shape index (κ1) is 44.6. The maximum Gasteiger partial charge on any atom is 0.230 e. The molecule has 0 spiro atoms. The van der Waals surface area contributed by atoms with Crippen LogP contribution in [0.5, 0.6) is 0 Å². The van der Waals surface area contributed by atoms with Gasteiger partial charge in [0, 0.05) is 79.5 Å². The SMILES string of the molecule is COC1CCC(C(=O)N2Cc3cccnc3N(OC3CCC(C(=O)N4Cc5cccnc5Nc5ccc(N6CCOCC6C)cc54)CC3)c3ccc(N4CC(C)(C)OC(C)(C)C4)cc32)CC1. The number of fused-ring (bicyclic) bond motifs is 4. The van der Waals surface area contributed by atoms with Crippen LogP contribution in [0.2, 0.25) is 0 Å². The first-order valence-corrected chi connectivity index (χ1v) is 24.2. The Morgan fingerprint density at radius 3 is 2.05 bits per heavy atom. The van der Waals surface area contributed by atoms with E-state index in [0.717, 1.165) is 83.3 Å². The highest BCUT2D eigenvalue weighted by Crippen LogP contribution is 2.46. The van der Waals surface area contributed by atoms with E-state index in [-0.39, 0.29) is 53.1 Å². The predicted octanol–water partition coefficient (Wildman–Crippen LogP) is 9.07. The number of carbonyl (C=O) groups excluding carboxylic acids is 2. The summed E-state index contributed by atoms with van der Waals surface area (Å²) in [6.07, 6.45) is 9.63. The molecule has 0 bridgehead atoms. The molecule has 0 radical (unpaired) electrons. The molecule has 14 heteroatoms. The van der Waals surface area contributed by atoms with E-state index < -0.39 is 0 Å². The molecule has 2 aromatic heterocycles. The molecule has 1 unspecified atom stereocenters. The van der Waals surface area contributed by atoms with E-state index in [9.17, 15) is 9.59 Å². The standard InChI is InChI=1S/C52H66N8O6/c1-34-31-64-26-25-57(34)40-15-21-43-45(28-40)58(29-37-9-7-23-53-47(37)55-43)49(61)36-13-19-42(20-14-36)65-60-44-22-16-39(56-32-51(2,3)66-52(4,5)33-56)27-46(44)59(30-38-10-8-24-54-48(38)60)50(62)35-11-17-41(63-6)18-12-35/h7-10,15-16,21-24,27-28,34-36,41-42H,11-14,17-20,25-26,29-33H2,1-6H3,(H,53,55). The van der Waals surface area contributed by atoms with Crippen molar-refractivity contribution in [3.63, 3.8) is 0 Å². The topological polar surface area (TPSA) is 125 Å². The van der Waals surface area contributed by atoms with Crippen LogP contribution in [0.3, 0.4) is 0 Å². The van der Waals surface area contributed by atoms with Gasteiger partial charge < -0.3 is 39.1 Å². The molecule has 2 saturated heterocycles. The van der Waals surface area contributed by atoms with Gasteiger partial charge in [0.1, 0.15) is 5.82 Å². The van der Waals surface area contributed by atoms with Crippen LogP contribution in [0.1, 0.15) is 97.1 Å². The van der Waals surface area contributed by atoms with Crippen LogP contribution in [-0.4, -0.2) is 91.2 Å². The average molecular weight is 899 g/mol. The molecule has 1 atom stereocenters. The number of rotatable bonds is 7. The van der Waals surface area contributed by atoms with Gasteiger partial charge >= 0.3 is 0 Å². The highest BCUT2D eigenvalue weighted by Gasteiger charge is 2.41. The molecule has 6 heterocycles. The van der Waals surface area contributed by atoms with Crippen LogP contribution < -0.4 is 30.0 Å². The lowest BCUT2D eigenvalue weighted by molar-refractivity contribution is -0.133. The van der Waals surface area contributed by atoms with Gasteiger partial charge in [-0.2, -0.15) is 0 Å². The average Bonchev–Trinajstić information content (AvgIpc) is 3.56. The summed E-state index contributed by atoms with van der Waals surface area (Å²) >= 11 is 0. The number of ether oxygens (including phenoxy) is 3. The Balaban J connectivity index is 0.932. The van der Waals surface area contributed by atoms with Crippen LogP contribution in [0.25, 0.3) is 0 Å². The van der Waals surface area contributed by atoms with E-state index >= 15 is 0 Å². The second-order valence-electron chi connectivity index (χ2n) is 20.5. The van der Waals surface area contributed by atoms with Crippen molar-refractivity contribution >= 4 is 57.6 Å². The largest absolute Gasteiger partial charge is 0.381 e. The molecule has 4 aliphatic heterocycles. The molecule has 350 valence electrons. The Morgan fingerprint density at radius 1 is 0.727 bits per heavy atom. The van der Waals surface area contributed by atoms with Gasteiger partial charge in [0.2, 0.25) is 11.8 Å². The number of pyridine rings is 2. The lowest BCUT2D eigenvalue weighted by atomic mass is 9.86. The number of amides is 2. The summed E-state index contributed by atoms with van der Waals surface area (Å²) in [5.74, 6) is 1.40. The summed E-state index contributed by atoms with van der Waals surface area (Å²) in [5, 5.41) is 5.44. The summed E-state index contributed by atoms with van der Waals surface area (Å²) in [4.78, 5) is 55.3. The number of anilines is 8. The zero-order valence-corrected chi connectivity index (χ0v) is 39.5. The van der Waals surface area contributed by atoms with E-state index in [2.05, 4.69) is 97.2 Å². The van der Waals surface area contributed by atoms with Gasteiger partial charge in [0.25, 0.3) is 0 Å². The smallest absolute Gasteiger partial charge is 0.230 e. The number of nitrogens with zero attached hydrogens (tertiary/aromatic N) is 7. The monoisotopic (exact) mass is 899 g/mol. The van der Waals surface area contributed by atoms with Crippen LogP contribution in [-0.2, 0) is 41.7 Å². The van der Waals surface area contributed by atoms with Crippen molar-refractivity contribution in [3.8, 4) is 0 Å². The second-order valence-corrected chi connectivity index (χ2v) is 20.5. The van der Waals surface area contributed by atoms with Crippen molar-refractivity contribution in [2.24, 2.45) is 11.8 Å². The summed E-state index contributed by atoms with van der Waals surface area (Å²) in [6.45, 7) is 15.1.